The van der Waals surface area contributed by atoms with Crippen molar-refractivity contribution in [3.05, 3.63) is 53.7 Å². The van der Waals surface area contributed by atoms with Crippen molar-refractivity contribution in [1.29, 1.82) is 0 Å². The van der Waals surface area contributed by atoms with Gasteiger partial charge in [-0.2, -0.15) is 13.2 Å². The van der Waals surface area contributed by atoms with E-state index in [0.717, 1.165) is 6.07 Å². The first kappa shape index (κ1) is 14.3. The van der Waals surface area contributed by atoms with Crippen LogP contribution in [0.1, 0.15) is 11.3 Å². The van der Waals surface area contributed by atoms with Gasteiger partial charge >= 0.3 is 6.18 Å². The summed E-state index contributed by atoms with van der Waals surface area (Å²) in [4.78, 5) is 8.32. The maximum atomic E-state index is 13.0. The zero-order valence-corrected chi connectivity index (χ0v) is 11.5. The van der Waals surface area contributed by atoms with Crippen LogP contribution in [-0.4, -0.2) is 15.1 Å². The van der Waals surface area contributed by atoms with Crippen molar-refractivity contribution in [1.82, 2.24) is 9.97 Å². The van der Waals surface area contributed by atoms with E-state index < -0.39 is 11.7 Å². The van der Waals surface area contributed by atoms with Crippen LogP contribution in [0.4, 0.5) is 13.2 Å². The molecule has 3 rings (SSSR count). The molecule has 0 saturated heterocycles. The molecule has 0 spiro atoms. The molecule has 0 fully saturated rings. The normalized spacial score (nSPS) is 11.8. The Balaban J connectivity index is 2.29. The predicted molar refractivity (Wildman–Crippen MR) is 76.4 cm³/mol. The van der Waals surface area contributed by atoms with Crippen LogP contribution in [0.3, 0.4) is 0 Å². The molecule has 0 unspecified atom stereocenters. The number of aromatic nitrogens is 2. The number of phenols is 1. The van der Waals surface area contributed by atoms with E-state index >= 15 is 0 Å². The Morgan fingerprint density at radius 1 is 0.955 bits per heavy atom. The van der Waals surface area contributed by atoms with E-state index in [-0.39, 0.29) is 16.8 Å². The van der Waals surface area contributed by atoms with Crippen LogP contribution in [0.2, 0.25) is 0 Å². The largest absolute Gasteiger partial charge is 0.507 e. The lowest BCUT2D eigenvalue weighted by Gasteiger charge is -2.12. The predicted octanol–water partition coefficient (Wildman–Crippen LogP) is 4.33. The summed E-state index contributed by atoms with van der Waals surface area (Å²) in [6.45, 7) is 1.57. The van der Waals surface area contributed by atoms with Crippen molar-refractivity contribution in [2.45, 2.75) is 13.1 Å². The standard InChI is InChI=1S/C16H11F3N2O/c1-9-14(10-5-2-3-8-13(10)22)21-12-7-4-6-11(15(12)20-9)16(17,18)19/h2-8,22H,1H3. The van der Waals surface area contributed by atoms with Gasteiger partial charge in [0.25, 0.3) is 0 Å². The number of nitrogens with zero attached hydrogens (tertiary/aromatic N) is 2. The monoisotopic (exact) mass is 304 g/mol. The lowest BCUT2D eigenvalue weighted by molar-refractivity contribution is -0.136. The molecule has 0 saturated carbocycles. The Kier molecular flexibility index (Phi) is 3.24. The second-order valence-electron chi connectivity index (χ2n) is 4.85. The summed E-state index contributed by atoms with van der Waals surface area (Å²) in [7, 11) is 0. The summed E-state index contributed by atoms with van der Waals surface area (Å²) >= 11 is 0. The Hall–Kier alpha value is -2.63. The zero-order chi connectivity index (χ0) is 15.9. The molecule has 22 heavy (non-hydrogen) atoms. The molecule has 0 atom stereocenters. The number of fused-ring (bicyclic) bond motifs is 1. The first-order valence-electron chi connectivity index (χ1n) is 6.51. The first-order valence-corrected chi connectivity index (χ1v) is 6.51. The summed E-state index contributed by atoms with van der Waals surface area (Å²) < 4.78 is 39.1. The van der Waals surface area contributed by atoms with E-state index in [4.69, 9.17) is 0 Å². The minimum Gasteiger partial charge on any atom is -0.507 e. The highest BCUT2D eigenvalue weighted by atomic mass is 19.4. The van der Waals surface area contributed by atoms with E-state index in [2.05, 4.69) is 9.97 Å². The average Bonchev–Trinajstić information content (AvgIpc) is 2.46. The average molecular weight is 304 g/mol. The molecule has 2 aromatic carbocycles. The van der Waals surface area contributed by atoms with Gasteiger partial charge in [0.2, 0.25) is 0 Å². The van der Waals surface area contributed by atoms with Crippen molar-refractivity contribution >= 4 is 11.0 Å². The number of hydrogen-bond acceptors (Lipinski definition) is 3. The molecule has 0 aliphatic heterocycles. The number of benzene rings is 2. The second kappa shape index (κ2) is 4.98. The minimum absolute atomic E-state index is 0.00576. The molecule has 1 heterocycles. The number of hydrogen-bond donors (Lipinski definition) is 1. The zero-order valence-electron chi connectivity index (χ0n) is 11.5. The smallest absolute Gasteiger partial charge is 0.418 e. The van der Waals surface area contributed by atoms with Crippen molar-refractivity contribution < 1.29 is 18.3 Å². The molecule has 0 aliphatic rings. The highest BCUT2D eigenvalue weighted by Gasteiger charge is 2.33. The summed E-state index contributed by atoms with van der Waals surface area (Å²) in [6.07, 6.45) is -4.49. The first-order chi connectivity index (χ1) is 10.4. The fourth-order valence-corrected chi connectivity index (χ4v) is 2.32. The summed E-state index contributed by atoms with van der Waals surface area (Å²) in [5, 5.41) is 9.90. The SMILES string of the molecule is Cc1nc2c(C(F)(F)F)cccc2nc1-c1ccccc1O. The minimum atomic E-state index is -4.49. The molecule has 0 bridgehead atoms. The Bertz CT molecular complexity index is 860. The van der Waals surface area contributed by atoms with Crippen molar-refractivity contribution in [3.8, 4) is 17.0 Å². The van der Waals surface area contributed by atoms with Gasteiger partial charge in [0.05, 0.1) is 22.5 Å². The van der Waals surface area contributed by atoms with Gasteiger partial charge in [-0.15, -0.1) is 0 Å². The second-order valence-corrected chi connectivity index (χ2v) is 4.85. The topological polar surface area (TPSA) is 46.0 Å². The maximum Gasteiger partial charge on any atom is 0.418 e. The number of para-hydroxylation sites is 2. The lowest BCUT2D eigenvalue weighted by Crippen LogP contribution is -2.08. The van der Waals surface area contributed by atoms with Gasteiger partial charge in [-0.3, -0.25) is 0 Å². The molecular weight excluding hydrogens is 293 g/mol. The van der Waals surface area contributed by atoms with Gasteiger partial charge < -0.3 is 5.11 Å². The van der Waals surface area contributed by atoms with Gasteiger partial charge in [-0.1, -0.05) is 18.2 Å². The number of alkyl halides is 3. The van der Waals surface area contributed by atoms with Crippen LogP contribution >= 0.6 is 0 Å². The molecule has 3 nitrogen and oxygen atoms in total. The van der Waals surface area contributed by atoms with Gasteiger partial charge in [0.1, 0.15) is 11.3 Å². The Morgan fingerprint density at radius 3 is 2.36 bits per heavy atom. The van der Waals surface area contributed by atoms with Crippen LogP contribution in [0.25, 0.3) is 22.3 Å². The fraction of sp³-hybridized carbons (Fsp3) is 0.125. The number of rotatable bonds is 1. The summed E-state index contributed by atoms with van der Waals surface area (Å²) in [5.74, 6) is 0.00576. The number of halogens is 3. The third kappa shape index (κ3) is 2.36. The van der Waals surface area contributed by atoms with Gasteiger partial charge in [0.15, 0.2) is 0 Å². The van der Waals surface area contributed by atoms with Crippen LogP contribution in [0.15, 0.2) is 42.5 Å². The maximum absolute atomic E-state index is 13.0. The van der Waals surface area contributed by atoms with E-state index in [9.17, 15) is 18.3 Å². The van der Waals surface area contributed by atoms with Gasteiger partial charge in [-0.25, -0.2) is 9.97 Å². The molecule has 1 N–H and O–H groups in total. The highest BCUT2D eigenvalue weighted by Crippen LogP contribution is 2.35. The van der Waals surface area contributed by atoms with Crippen LogP contribution in [0.5, 0.6) is 5.75 Å². The van der Waals surface area contributed by atoms with E-state index in [1.54, 1.807) is 25.1 Å². The van der Waals surface area contributed by atoms with Crippen molar-refractivity contribution in [2.24, 2.45) is 0 Å². The van der Waals surface area contributed by atoms with E-state index in [0.29, 0.717) is 17.0 Å². The number of aromatic hydroxyl groups is 1. The third-order valence-corrected chi connectivity index (χ3v) is 3.33. The van der Waals surface area contributed by atoms with Crippen LogP contribution < -0.4 is 0 Å². The Morgan fingerprint density at radius 2 is 1.68 bits per heavy atom. The quantitative estimate of drug-likeness (QED) is 0.728. The van der Waals surface area contributed by atoms with Gasteiger partial charge in [0, 0.05) is 5.56 Å². The summed E-state index contributed by atoms with van der Waals surface area (Å²) in [5.41, 5.74) is 0.261. The van der Waals surface area contributed by atoms with Gasteiger partial charge in [-0.05, 0) is 31.2 Å². The van der Waals surface area contributed by atoms with E-state index in [1.807, 2.05) is 0 Å². The highest BCUT2D eigenvalue weighted by molar-refractivity contribution is 5.82. The number of phenolic OH excluding ortho intramolecular Hbond substituents is 1. The molecule has 3 aromatic rings. The third-order valence-electron chi connectivity index (χ3n) is 3.33. The molecule has 6 heteroatoms. The molecule has 112 valence electrons. The molecule has 0 radical (unpaired) electrons. The van der Waals surface area contributed by atoms with Crippen molar-refractivity contribution in [2.75, 3.05) is 0 Å². The van der Waals surface area contributed by atoms with Crippen molar-refractivity contribution in [3.63, 3.8) is 0 Å². The molecule has 1 aromatic heterocycles. The van der Waals surface area contributed by atoms with Crippen LogP contribution in [-0.2, 0) is 6.18 Å². The lowest BCUT2D eigenvalue weighted by atomic mass is 10.1. The number of aryl methyl sites for hydroxylation is 1. The fourth-order valence-electron chi connectivity index (χ4n) is 2.32. The molecular formula is C16H11F3N2O. The summed E-state index contributed by atoms with van der Waals surface area (Å²) in [6, 6.07) is 10.3. The molecule has 0 aliphatic carbocycles. The van der Waals surface area contributed by atoms with E-state index in [1.165, 1.54) is 18.2 Å². The van der Waals surface area contributed by atoms with Crippen LogP contribution in [0, 0.1) is 6.92 Å². The Labute approximate surface area is 124 Å². The molecule has 0 amide bonds.